The van der Waals surface area contributed by atoms with Crippen LogP contribution in [-0.2, 0) is 6.42 Å². The van der Waals surface area contributed by atoms with Crippen LogP contribution < -0.4 is 5.73 Å². The summed E-state index contributed by atoms with van der Waals surface area (Å²) >= 11 is 3.19. The molecule has 0 aliphatic rings. The lowest BCUT2D eigenvalue weighted by molar-refractivity contribution is 0.413. The van der Waals surface area contributed by atoms with Crippen LogP contribution in [0.3, 0.4) is 0 Å². The lowest BCUT2D eigenvalue weighted by atomic mass is 10.3. The smallest absolute Gasteiger partial charge is 0.180 e. The number of thiazole rings is 2. The molecule has 0 radical (unpaired) electrons. The van der Waals surface area contributed by atoms with Gasteiger partial charge in [0.15, 0.2) is 5.13 Å². The third-order valence-electron chi connectivity index (χ3n) is 2.37. The minimum absolute atomic E-state index is 0.614. The molecule has 0 fully saturated rings. The first-order valence-corrected chi connectivity index (χ1v) is 7.08. The Morgan fingerprint density at radius 1 is 1.35 bits per heavy atom. The molecular formula is C11H16N4S2. The minimum Gasteiger partial charge on any atom is -0.375 e. The molecule has 0 atom stereocenters. The fourth-order valence-corrected chi connectivity index (χ4v) is 3.15. The molecule has 0 spiro atoms. The number of nitrogens with zero attached hydrogens (tertiary/aromatic N) is 3. The summed E-state index contributed by atoms with van der Waals surface area (Å²) in [7, 11) is 4.14. The Kier molecular flexibility index (Phi) is 3.76. The van der Waals surface area contributed by atoms with Gasteiger partial charge in [-0.2, -0.15) is 0 Å². The second-order valence-electron chi connectivity index (χ2n) is 4.15. The number of likely N-dealkylation sites (N-methyl/N-ethyl adjacent to an activating group) is 1. The zero-order valence-electron chi connectivity index (χ0n) is 10.2. The van der Waals surface area contributed by atoms with Gasteiger partial charge in [-0.15, -0.1) is 22.7 Å². The number of hydrogen-bond donors (Lipinski definition) is 1. The van der Waals surface area contributed by atoms with Crippen LogP contribution in [0, 0.1) is 6.92 Å². The molecule has 2 aromatic rings. The van der Waals surface area contributed by atoms with Crippen LogP contribution in [-0.4, -0.2) is 35.5 Å². The van der Waals surface area contributed by atoms with Crippen LogP contribution in [0.15, 0.2) is 5.38 Å². The van der Waals surface area contributed by atoms with Crippen molar-refractivity contribution in [2.24, 2.45) is 0 Å². The average Bonchev–Trinajstić information content (AvgIpc) is 2.82. The first-order valence-electron chi connectivity index (χ1n) is 5.38. The SMILES string of the molecule is Cc1nc(CCN(C)C)sc1-c1csc(N)n1. The molecule has 17 heavy (non-hydrogen) atoms. The van der Waals surface area contributed by atoms with Crippen LogP contribution in [0.2, 0.25) is 0 Å². The molecule has 4 nitrogen and oxygen atoms in total. The Morgan fingerprint density at radius 2 is 2.12 bits per heavy atom. The summed E-state index contributed by atoms with van der Waals surface area (Å²) in [5.74, 6) is 0. The molecule has 0 aliphatic carbocycles. The van der Waals surface area contributed by atoms with Crippen LogP contribution in [0.5, 0.6) is 0 Å². The number of aryl methyl sites for hydroxylation is 1. The summed E-state index contributed by atoms with van der Waals surface area (Å²) in [4.78, 5) is 12.2. The van der Waals surface area contributed by atoms with Crippen molar-refractivity contribution in [3.8, 4) is 10.6 Å². The molecule has 0 bridgehead atoms. The topological polar surface area (TPSA) is 55.0 Å². The van der Waals surface area contributed by atoms with Crippen molar-refractivity contribution in [1.82, 2.24) is 14.9 Å². The summed E-state index contributed by atoms with van der Waals surface area (Å²) in [6, 6.07) is 0. The van der Waals surface area contributed by atoms with Gasteiger partial charge in [0, 0.05) is 18.3 Å². The lowest BCUT2D eigenvalue weighted by Crippen LogP contribution is -2.14. The van der Waals surface area contributed by atoms with E-state index in [1.54, 1.807) is 11.3 Å². The molecule has 0 saturated heterocycles. The van der Waals surface area contributed by atoms with Crippen LogP contribution in [0.1, 0.15) is 10.7 Å². The lowest BCUT2D eigenvalue weighted by Gasteiger charge is -2.06. The molecule has 2 N–H and O–H groups in total. The molecule has 0 aliphatic heterocycles. The van der Waals surface area contributed by atoms with Gasteiger partial charge in [-0.1, -0.05) is 0 Å². The Balaban J connectivity index is 2.19. The van der Waals surface area contributed by atoms with Crippen LogP contribution in [0.25, 0.3) is 10.6 Å². The Labute approximate surface area is 109 Å². The van der Waals surface area contributed by atoms with Gasteiger partial charge >= 0.3 is 0 Å². The van der Waals surface area contributed by atoms with Gasteiger partial charge in [0.25, 0.3) is 0 Å². The number of rotatable bonds is 4. The first kappa shape index (κ1) is 12.5. The van der Waals surface area contributed by atoms with Crippen molar-refractivity contribution < 1.29 is 0 Å². The summed E-state index contributed by atoms with van der Waals surface area (Å²) in [6.07, 6.45) is 0.984. The molecular weight excluding hydrogens is 252 g/mol. The van der Waals surface area contributed by atoms with E-state index in [0.29, 0.717) is 5.13 Å². The second-order valence-corrected chi connectivity index (χ2v) is 6.12. The maximum atomic E-state index is 5.66. The van der Waals surface area contributed by atoms with E-state index in [2.05, 4.69) is 29.0 Å². The number of anilines is 1. The predicted molar refractivity (Wildman–Crippen MR) is 74.6 cm³/mol. The molecule has 0 amide bonds. The Hall–Kier alpha value is -0.980. The molecule has 0 unspecified atom stereocenters. The molecule has 0 aromatic carbocycles. The van der Waals surface area contributed by atoms with Crippen molar-refractivity contribution in [2.45, 2.75) is 13.3 Å². The van der Waals surface area contributed by atoms with E-state index in [-0.39, 0.29) is 0 Å². The summed E-state index contributed by atoms with van der Waals surface area (Å²) in [5, 5.41) is 3.77. The van der Waals surface area contributed by atoms with Crippen molar-refractivity contribution >= 4 is 27.8 Å². The average molecular weight is 268 g/mol. The number of nitrogen functional groups attached to an aromatic ring is 1. The van der Waals surface area contributed by atoms with Crippen molar-refractivity contribution in [2.75, 3.05) is 26.4 Å². The summed E-state index contributed by atoms with van der Waals surface area (Å²) in [6.45, 7) is 3.05. The highest BCUT2D eigenvalue weighted by Gasteiger charge is 2.12. The minimum atomic E-state index is 0.614. The van der Waals surface area contributed by atoms with Crippen molar-refractivity contribution in [3.63, 3.8) is 0 Å². The third kappa shape index (κ3) is 3.02. The van der Waals surface area contributed by atoms with E-state index in [4.69, 9.17) is 5.73 Å². The maximum Gasteiger partial charge on any atom is 0.180 e. The largest absolute Gasteiger partial charge is 0.375 e. The molecule has 0 saturated carbocycles. The number of nitrogens with two attached hydrogens (primary N) is 1. The van der Waals surface area contributed by atoms with Crippen molar-refractivity contribution in [1.29, 1.82) is 0 Å². The fraction of sp³-hybridized carbons (Fsp3) is 0.455. The van der Waals surface area contributed by atoms with Gasteiger partial charge in [-0.3, -0.25) is 0 Å². The van der Waals surface area contributed by atoms with Crippen LogP contribution >= 0.6 is 22.7 Å². The molecule has 2 aromatic heterocycles. The van der Waals surface area contributed by atoms with E-state index < -0.39 is 0 Å². The highest BCUT2D eigenvalue weighted by atomic mass is 32.1. The predicted octanol–water partition coefficient (Wildman–Crippen LogP) is 2.26. The van der Waals surface area contributed by atoms with Gasteiger partial charge < -0.3 is 10.6 Å². The Morgan fingerprint density at radius 3 is 2.71 bits per heavy atom. The molecule has 2 rings (SSSR count). The summed E-state index contributed by atoms with van der Waals surface area (Å²) < 4.78 is 0. The summed E-state index contributed by atoms with van der Waals surface area (Å²) in [5.41, 5.74) is 7.66. The molecule has 6 heteroatoms. The molecule has 92 valence electrons. The maximum absolute atomic E-state index is 5.66. The van der Waals surface area contributed by atoms with E-state index in [1.807, 2.05) is 12.3 Å². The van der Waals surface area contributed by atoms with E-state index in [9.17, 15) is 0 Å². The van der Waals surface area contributed by atoms with E-state index in [1.165, 1.54) is 11.3 Å². The van der Waals surface area contributed by atoms with Gasteiger partial charge in [0.05, 0.1) is 21.3 Å². The van der Waals surface area contributed by atoms with E-state index >= 15 is 0 Å². The quantitative estimate of drug-likeness (QED) is 0.924. The van der Waals surface area contributed by atoms with Gasteiger partial charge in [0.1, 0.15) is 0 Å². The Bertz CT molecular complexity index is 501. The number of hydrogen-bond acceptors (Lipinski definition) is 6. The number of aromatic nitrogens is 2. The zero-order chi connectivity index (χ0) is 12.4. The van der Waals surface area contributed by atoms with Crippen molar-refractivity contribution in [3.05, 3.63) is 16.1 Å². The third-order valence-corrected chi connectivity index (χ3v) is 4.28. The second kappa shape index (κ2) is 5.12. The van der Waals surface area contributed by atoms with Crippen LogP contribution in [0.4, 0.5) is 5.13 Å². The highest BCUT2D eigenvalue weighted by molar-refractivity contribution is 7.16. The zero-order valence-corrected chi connectivity index (χ0v) is 11.9. The standard InChI is InChI=1S/C11H16N4S2/c1-7-10(8-6-16-11(12)14-8)17-9(13-7)4-5-15(2)3/h6H,4-5H2,1-3H3,(H2,12,14). The van der Waals surface area contributed by atoms with Gasteiger partial charge in [0.2, 0.25) is 0 Å². The first-order chi connectivity index (χ1) is 8.06. The van der Waals surface area contributed by atoms with E-state index in [0.717, 1.165) is 34.2 Å². The monoisotopic (exact) mass is 268 g/mol. The van der Waals surface area contributed by atoms with Gasteiger partial charge in [-0.05, 0) is 21.0 Å². The molecule has 2 heterocycles. The van der Waals surface area contributed by atoms with Gasteiger partial charge in [-0.25, -0.2) is 9.97 Å². The fourth-order valence-electron chi connectivity index (χ4n) is 1.51. The highest BCUT2D eigenvalue weighted by Crippen LogP contribution is 2.31. The normalized spacial score (nSPS) is 11.3.